The number of halogens is 1. The van der Waals surface area contributed by atoms with E-state index in [2.05, 4.69) is 40.9 Å². The number of rotatable bonds is 6. The molecule has 0 unspecified atom stereocenters. The third-order valence-corrected chi connectivity index (χ3v) is 4.68. The van der Waals surface area contributed by atoms with Crippen LogP contribution in [0.25, 0.3) is 16.8 Å². The standard InChI is InChI=1S/C24H20FN3O/c1-3-17-7-9-18(10-8-17)16(2)28-23-22-19(11-13-26-23)12-14-27-24(22)29-21-6-4-5-20(25)15-21/h3-16H,1H2,2H3,(H,26,28)/t16-/m0/s1. The molecule has 0 saturated carbocycles. The van der Waals surface area contributed by atoms with E-state index in [0.29, 0.717) is 17.4 Å². The summed E-state index contributed by atoms with van der Waals surface area (Å²) >= 11 is 0. The van der Waals surface area contributed by atoms with Crippen LogP contribution in [0.5, 0.6) is 11.6 Å². The molecule has 5 heteroatoms. The summed E-state index contributed by atoms with van der Waals surface area (Å²) in [4.78, 5) is 8.86. The number of aromatic nitrogens is 2. The minimum atomic E-state index is -0.365. The van der Waals surface area contributed by atoms with Crippen LogP contribution in [0.3, 0.4) is 0 Å². The van der Waals surface area contributed by atoms with E-state index in [1.807, 2.05) is 30.3 Å². The highest BCUT2D eigenvalue weighted by Crippen LogP contribution is 2.33. The quantitative estimate of drug-likeness (QED) is 0.418. The summed E-state index contributed by atoms with van der Waals surface area (Å²) in [5, 5.41) is 5.12. The largest absolute Gasteiger partial charge is 0.438 e. The molecule has 2 heterocycles. The lowest BCUT2D eigenvalue weighted by Gasteiger charge is -2.18. The van der Waals surface area contributed by atoms with Crippen LogP contribution in [0.4, 0.5) is 10.2 Å². The molecule has 2 aromatic heterocycles. The first-order valence-corrected chi connectivity index (χ1v) is 9.30. The lowest BCUT2D eigenvalue weighted by Crippen LogP contribution is -2.08. The van der Waals surface area contributed by atoms with Crippen molar-refractivity contribution in [1.82, 2.24) is 9.97 Å². The fourth-order valence-electron chi connectivity index (χ4n) is 3.13. The lowest BCUT2D eigenvalue weighted by atomic mass is 10.1. The molecular formula is C24H20FN3O. The number of anilines is 1. The summed E-state index contributed by atoms with van der Waals surface area (Å²) in [7, 11) is 0. The van der Waals surface area contributed by atoms with Gasteiger partial charge in [0.1, 0.15) is 17.4 Å². The van der Waals surface area contributed by atoms with Crippen LogP contribution >= 0.6 is 0 Å². The highest BCUT2D eigenvalue weighted by atomic mass is 19.1. The van der Waals surface area contributed by atoms with E-state index in [-0.39, 0.29) is 11.9 Å². The van der Waals surface area contributed by atoms with E-state index in [1.54, 1.807) is 24.5 Å². The maximum atomic E-state index is 13.5. The molecule has 1 atom stereocenters. The summed E-state index contributed by atoms with van der Waals surface area (Å²) in [6.45, 7) is 5.85. The average molecular weight is 385 g/mol. The lowest BCUT2D eigenvalue weighted by molar-refractivity contribution is 0.464. The van der Waals surface area contributed by atoms with Crippen molar-refractivity contribution in [2.24, 2.45) is 0 Å². The summed E-state index contributed by atoms with van der Waals surface area (Å²) in [6.07, 6.45) is 5.22. The number of hydrogen-bond donors (Lipinski definition) is 1. The van der Waals surface area contributed by atoms with Gasteiger partial charge in [-0.05, 0) is 47.7 Å². The van der Waals surface area contributed by atoms with Gasteiger partial charge in [0.05, 0.1) is 5.39 Å². The number of hydrogen-bond acceptors (Lipinski definition) is 4. The van der Waals surface area contributed by atoms with Crippen LogP contribution in [-0.4, -0.2) is 9.97 Å². The van der Waals surface area contributed by atoms with Crippen LogP contribution in [-0.2, 0) is 0 Å². The SMILES string of the molecule is C=Cc1ccc([C@H](C)Nc2nccc3ccnc(Oc4cccc(F)c4)c23)cc1. The Balaban J connectivity index is 1.69. The van der Waals surface area contributed by atoms with E-state index >= 15 is 0 Å². The Morgan fingerprint density at radius 1 is 1.03 bits per heavy atom. The first-order valence-electron chi connectivity index (χ1n) is 9.30. The molecule has 0 aliphatic heterocycles. The molecule has 4 rings (SSSR count). The number of ether oxygens (including phenoxy) is 1. The molecule has 4 nitrogen and oxygen atoms in total. The van der Waals surface area contributed by atoms with Gasteiger partial charge in [0, 0.05) is 24.5 Å². The number of pyridine rings is 2. The summed E-state index contributed by atoms with van der Waals surface area (Å²) < 4.78 is 19.4. The Morgan fingerprint density at radius 3 is 2.52 bits per heavy atom. The topological polar surface area (TPSA) is 47.0 Å². The number of benzene rings is 2. The van der Waals surface area contributed by atoms with Crippen LogP contribution in [0, 0.1) is 5.82 Å². The van der Waals surface area contributed by atoms with Crippen LogP contribution in [0.1, 0.15) is 24.1 Å². The zero-order valence-corrected chi connectivity index (χ0v) is 16.0. The normalized spacial score (nSPS) is 11.8. The van der Waals surface area contributed by atoms with Gasteiger partial charge in [-0.2, -0.15) is 0 Å². The van der Waals surface area contributed by atoms with Gasteiger partial charge in [-0.25, -0.2) is 14.4 Å². The molecule has 4 aromatic rings. The van der Waals surface area contributed by atoms with Gasteiger partial charge in [-0.15, -0.1) is 0 Å². The predicted molar refractivity (Wildman–Crippen MR) is 115 cm³/mol. The monoisotopic (exact) mass is 385 g/mol. The maximum Gasteiger partial charge on any atom is 0.230 e. The summed E-state index contributed by atoms with van der Waals surface area (Å²) in [5.41, 5.74) is 2.19. The van der Waals surface area contributed by atoms with Crippen molar-refractivity contribution in [3.05, 3.63) is 96.6 Å². The summed E-state index contributed by atoms with van der Waals surface area (Å²) in [6, 6.07) is 17.9. The molecule has 0 amide bonds. The van der Waals surface area contributed by atoms with Gasteiger partial charge in [0.15, 0.2) is 0 Å². The number of nitrogens with one attached hydrogen (secondary N) is 1. The fourth-order valence-corrected chi connectivity index (χ4v) is 3.13. The van der Waals surface area contributed by atoms with Crippen molar-refractivity contribution in [3.8, 4) is 11.6 Å². The van der Waals surface area contributed by atoms with Gasteiger partial charge in [0.2, 0.25) is 5.88 Å². The highest BCUT2D eigenvalue weighted by Gasteiger charge is 2.14. The molecule has 144 valence electrons. The zero-order chi connectivity index (χ0) is 20.2. The Kier molecular flexibility index (Phi) is 5.20. The molecular weight excluding hydrogens is 365 g/mol. The Labute approximate surface area is 168 Å². The first-order chi connectivity index (χ1) is 14.1. The Hall–Kier alpha value is -3.73. The van der Waals surface area contributed by atoms with Crippen molar-refractivity contribution in [2.75, 3.05) is 5.32 Å². The van der Waals surface area contributed by atoms with Crippen molar-refractivity contribution in [3.63, 3.8) is 0 Å². The van der Waals surface area contributed by atoms with E-state index in [9.17, 15) is 4.39 Å². The van der Waals surface area contributed by atoms with Gasteiger partial charge in [-0.3, -0.25) is 0 Å². The van der Waals surface area contributed by atoms with Crippen molar-refractivity contribution >= 4 is 22.7 Å². The van der Waals surface area contributed by atoms with E-state index in [1.165, 1.54) is 12.1 Å². The van der Waals surface area contributed by atoms with Crippen molar-refractivity contribution < 1.29 is 9.13 Å². The predicted octanol–water partition coefficient (Wildman–Crippen LogP) is 6.38. The Morgan fingerprint density at radius 2 is 1.79 bits per heavy atom. The van der Waals surface area contributed by atoms with Gasteiger partial charge in [0.25, 0.3) is 0 Å². The minimum Gasteiger partial charge on any atom is -0.438 e. The van der Waals surface area contributed by atoms with Gasteiger partial charge in [-0.1, -0.05) is 43.0 Å². The minimum absolute atomic E-state index is 0.00851. The second-order valence-electron chi connectivity index (χ2n) is 6.67. The third kappa shape index (κ3) is 4.09. The molecule has 0 aliphatic carbocycles. The molecule has 0 saturated heterocycles. The second-order valence-corrected chi connectivity index (χ2v) is 6.67. The van der Waals surface area contributed by atoms with Gasteiger partial charge >= 0.3 is 0 Å². The van der Waals surface area contributed by atoms with Crippen LogP contribution in [0.15, 0.2) is 79.6 Å². The fraction of sp³-hybridized carbons (Fsp3) is 0.0833. The smallest absolute Gasteiger partial charge is 0.230 e. The third-order valence-electron chi connectivity index (χ3n) is 4.68. The van der Waals surface area contributed by atoms with Gasteiger partial charge < -0.3 is 10.1 Å². The second kappa shape index (κ2) is 8.10. The average Bonchev–Trinajstić information content (AvgIpc) is 2.74. The van der Waals surface area contributed by atoms with Crippen LogP contribution in [0.2, 0.25) is 0 Å². The molecule has 0 fully saturated rings. The molecule has 0 spiro atoms. The maximum absolute atomic E-state index is 13.5. The van der Waals surface area contributed by atoms with Crippen LogP contribution < -0.4 is 10.1 Å². The highest BCUT2D eigenvalue weighted by molar-refractivity contribution is 5.95. The van der Waals surface area contributed by atoms with E-state index < -0.39 is 0 Å². The van der Waals surface area contributed by atoms with Crippen molar-refractivity contribution in [1.29, 1.82) is 0 Å². The van der Waals surface area contributed by atoms with E-state index in [0.717, 1.165) is 21.9 Å². The van der Waals surface area contributed by atoms with E-state index in [4.69, 9.17) is 4.74 Å². The molecule has 0 aliphatic rings. The molecule has 1 N–H and O–H groups in total. The molecule has 0 bridgehead atoms. The Bertz CT molecular complexity index is 1150. The molecule has 29 heavy (non-hydrogen) atoms. The first kappa shape index (κ1) is 18.6. The summed E-state index contributed by atoms with van der Waals surface area (Å²) in [5.74, 6) is 1.05. The van der Waals surface area contributed by atoms with Crippen molar-refractivity contribution in [2.45, 2.75) is 13.0 Å². The number of nitrogens with zero attached hydrogens (tertiary/aromatic N) is 2. The molecule has 2 aromatic carbocycles. The molecule has 0 radical (unpaired) electrons. The number of fused-ring (bicyclic) bond motifs is 1. The zero-order valence-electron chi connectivity index (χ0n) is 16.0.